The Bertz CT molecular complexity index is 87.7. The molecule has 7 heteroatoms. The average molecular weight is 250 g/mol. The van der Waals surface area contributed by atoms with Crippen molar-refractivity contribution in [2.75, 3.05) is 13.3 Å². The third-order valence-electron chi connectivity index (χ3n) is 0. The van der Waals surface area contributed by atoms with Crippen LogP contribution in [0.2, 0.25) is 0 Å². The molecule has 0 amide bonds. The molecule has 0 aromatic rings. The molecule has 1 nitrogen and oxygen atoms in total. The predicted octanol–water partition coefficient (Wildman–Crippen LogP) is 4.69. The van der Waals surface area contributed by atoms with Crippen molar-refractivity contribution < 1.29 is 4.57 Å². The van der Waals surface area contributed by atoms with Gasteiger partial charge in [0.2, 0.25) is 5.85 Å². The molecule has 0 radical (unpaired) electrons. The van der Waals surface area contributed by atoms with Crippen molar-refractivity contribution >= 4 is 57.4 Å². The lowest BCUT2D eigenvalue weighted by molar-refractivity contribution is 0.595. The number of rotatable bonds is 0. The highest BCUT2D eigenvalue weighted by Gasteiger charge is 1.98. The summed E-state index contributed by atoms with van der Waals surface area (Å²) in [4.78, 5) is 0. The Morgan fingerprint density at radius 1 is 1.33 bits per heavy atom. The first-order valence-corrected chi connectivity index (χ1v) is 9.32. The molecule has 0 bridgehead atoms. The molecule has 0 aliphatic rings. The first-order valence-electron chi connectivity index (χ1n) is 1.75. The molecule has 0 fully saturated rings. The van der Waals surface area contributed by atoms with Gasteiger partial charge in [-0.2, -0.15) is 0 Å². The Balaban J connectivity index is 0. The lowest BCUT2D eigenvalue weighted by Gasteiger charge is -1.78. The minimum atomic E-state index is -2.69. The van der Waals surface area contributed by atoms with Gasteiger partial charge in [0.25, 0.3) is 0 Å². The summed E-state index contributed by atoms with van der Waals surface area (Å²) < 4.78 is 9.75. The van der Waals surface area contributed by atoms with Gasteiger partial charge in [-0.1, -0.05) is 22.5 Å². The second-order valence-corrected chi connectivity index (χ2v) is 11.3. The Hall–Kier alpha value is 1.82. The fourth-order valence-corrected chi connectivity index (χ4v) is 0. The molecule has 0 unspecified atom stereocenters. The molecule has 0 saturated carbocycles. The number of hydrogen-bond donors (Lipinski definition) is 0. The van der Waals surface area contributed by atoms with E-state index in [1.165, 1.54) is 6.66 Å². The molecule has 0 saturated heterocycles. The van der Waals surface area contributed by atoms with Crippen molar-refractivity contribution in [3.63, 3.8) is 0 Å². The van der Waals surface area contributed by atoms with Gasteiger partial charge in [0, 0.05) is 6.66 Å². The van der Waals surface area contributed by atoms with Gasteiger partial charge in [0.15, 0.2) is 0 Å². The van der Waals surface area contributed by atoms with Crippen LogP contribution in [-0.4, -0.2) is 13.3 Å². The van der Waals surface area contributed by atoms with Gasteiger partial charge < -0.3 is 0 Å². The normalized spacial score (nSPS) is 10.6. The molecule has 0 aliphatic carbocycles. The van der Waals surface area contributed by atoms with Crippen LogP contribution in [0.15, 0.2) is 0 Å². The van der Waals surface area contributed by atoms with E-state index in [4.69, 9.17) is 45.0 Å². The topological polar surface area (TPSA) is 17.1 Å². The van der Waals surface area contributed by atoms with Crippen LogP contribution < -0.4 is 0 Å². The van der Waals surface area contributed by atoms with Crippen LogP contribution in [0.5, 0.6) is 0 Å². The maximum absolute atomic E-state index is 9.75. The van der Waals surface area contributed by atoms with Crippen molar-refractivity contribution in [3.8, 4) is 0 Å². The molecule has 0 aromatic heterocycles. The number of halogens is 4. The summed E-state index contributed by atoms with van der Waals surface area (Å²) >= 11 is 19.9. The zero-order valence-corrected chi connectivity index (χ0v) is 9.63. The van der Waals surface area contributed by atoms with Crippen LogP contribution in [-0.2, 0) is 4.57 Å². The fraction of sp³-hybridized carbons (Fsp3) is 1.00. The van der Waals surface area contributed by atoms with Crippen molar-refractivity contribution in [1.29, 1.82) is 0 Å². The summed E-state index contributed by atoms with van der Waals surface area (Å²) in [6.07, 6.45) is 0. The molecule has 0 rings (SSSR count). The highest BCUT2D eigenvalue weighted by atomic mass is 35.9. The molecule has 0 spiro atoms. The predicted molar refractivity (Wildman–Crippen MR) is 49.8 cm³/mol. The van der Waals surface area contributed by atoms with Crippen molar-refractivity contribution in [2.45, 2.75) is 0 Å². The van der Waals surface area contributed by atoms with Crippen molar-refractivity contribution in [3.05, 3.63) is 0 Å². The van der Waals surface area contributed by atoms with Crippen LogP contribution >= 0.6 is 57.4 Å². The van der Waals surface area contributed by atoms with Gasteiger partial charge in [-0.25, -0.2) is 0 Å². The molecule has 0 atom stereocenters. The van der Waals surface area contributed by atoms with Gasteiger partial charge in [-0.05, 0) is 29.1 Å². The summed E-state index contributed by atoms with van der Waals surface area (Å²) in [5.74, 6) is -2.69. The largest absolute Gasteiger partial charge is 0.290 e. The van der Waals surface area contributed by atoms with Crippen molar-refractivity contribution in [2.24, 2.45) is 0 Å². The fourth-order valence-electron chi connectivity index (χ4n) is 0. The third kappa shape index (κ3) is 181. The van der Waals surface area contributed by atoms with E-state index in [1.807, 2.05) is 0 Å². The van der Waals surface area contributed by atoms with E-state index in [9.17, 15) is 4.57 Å². The molecule has 0 aromatic carbocycles. The van der Waals surface area contributed by atoms with E-state index in [0.717, 1.165) is 0 Å². The Morgan fingerprint density at radius 2 is 1.33 bits per heavy atom. The van der Waals surface area contributed by atoms with Crippen LogP contribution in [0.4, 0.5) is 0 Å². The van der Waals surface area contributed by atoms with E-state index >= 15 is 0 Å². The van der Waals surface area contributed by atoms with Crippen LogP contribution in [0.25, 0.3) is 0 Å². The quantitative estimate of drug-likeness (QED) is 0.569. The van der Waals surface area contributed by atoms with Crippen LogP contribution in [0.3, 0.4) is 0 Å². The summed E-state index contributed by atoms with van der Waals surface area (Å²) in [7, 11) is 0. The smallest absolute Gasteiger partial charge is 0.250 e. The second-order valence-electron chi connectivity index (χ2n) is 1.12. The van der Waals surface area contributed by atoms with E-state index < -0.39 is 12.5 Å². The minimum absolute atomic E-state index is 0.676. The molecule has 58 valence electrons. The zero-order chi connectivity index (χ0) is 8.08. The Morgan fingerprint density at radius 3 is 1.33 bits per heavy atom. The highest BCUT2D eigenvalue weighted by molar-refractivity contribution is 8.08. The van der Waals surface area contributed by atoms with Crippen LogP contribution in [0, 0.1) is 0 Å². The van der Waals surface area contributed by atoms with E-state index in [-0.39, 0.29) is 0 Å². The zero-order valence-electron chi connectivity index (χ0n) is 4.81. The number of hydrogen-bond acceptors (Lipinski definition) is 1. The summed E-state index contributed by atoms with van der Waals surface area (Å²) in [6, 6.07) is 0. The minimum Gasteiger partial charge on any atom is -0.290 e. The Labute approximate surface area is 75.3 Å². The maximum Gasteiger partial charge on any atom is 0.250 e. The average Bonchev–Trinajstić information content (AvgIpc) is 1.19. The molecule has 9 heavy (non-hydrogen) atoms. The summed E-state index contributed by atoms with van der Waals surface area (Å²) in [6.45, 7) is 2.36. The molecular weight excluding hydrogens is 244 g/mol. The molecular formula is C2H6Cl4OP2. The van der Waals surface area contributed by atoms with Crippen molar-refractivity contribution in [1.82, 2.24) is 0 Å². The molecule has 0 aliphatic heterocycles. The Kier molecular flexibility index (Phi) is 9.72. The maximum atomic E-state index is 9.75. The van der Waals surface area contributed by atoms with Gasteiger partial charge in [-0.3, -0.25) is 4.57 Å². The lowest BCUT2D eigenvalue weighted by Crippen LogP contribution is -1.37. The standard InChI is InChI=1S/CH3Cl2OP.CH3Cl2P/c1-5(2,3)4;1-4(2)3/h1H3;1H3. The van der Waals surface area contributed by atoms with Crippen LogP contribution in [0.1, 0.15) is 0 Å². The molecule has 0 heterocycles. The lowest BCUT2D eigenvalue weighted by atomic mass is 12.0. The summed E-state index contributed by atoms with van der Waals surface area (Å²) in [5, 5.41) is 0. The monoisotopic (exact) mass is 248 g/mol. The summed E-state index contributed by atoms with van der Waals surface area (Å²) in [5.41, 5.74) is 0. The van der Waals surface area contributed by atoms with E-state index in [0.29, 0.717) is 0 Å². The highest BCUT2D eigenvalue weighted by Crippen LogP contribution is 2.52. The SMILES string of the molecule is CP(=O)(Cl)Cl.CP(Cl)Cl. The van der Waals surface area contributed by atoms with Gasteiger partial charge in [0.05, 0.1) is 6.63 Å². The van der Waals surface area contributed by atoms with E-state index in [1.54, 1.807) is 6.66 Å². The van der Waals surface area contributed by atoms with Gasteiger partial charge >= 0.3 is 0 Å². The molecule has 0 N–H and O–H groups in total. The van der Waals surface area contributed by atoms with E-state index in [2.05, 4.69) is 0 Å². The third-order valence-corrected chi connectivity index (χ3v) is 0. The first kappa shape index (κ1) is 13.4. The first-order chi connectivity index (χ1) is 3.73. The second kappa shape index (κ2) is 6.53. The van der Waals surface area contributed by atoms with Gasteiger partial charge in [-0.15, -0.1) is 0 Å². The van der Waals surface area contributed by atoms with Gasteiger partial charge in [0.1, 0.15) is 0 Å².